The molecular weight excluding hydrogens is 234 g/mol. The average molecular weight is 269 g/mol. The van der Waals surface area contributed by atoms with E-state index in [4.69, 9.17) is 10.5 Å². The highest BCUT2D eigenvalue weighted by molar-refractivity contribution is 5.31. The van der Waals surface area contributed by atoms with E-state index in [0.717, 1.165) is 11.3 Å². The monoisotopic (exact) mass is 269 g/mol. The van der Waals surface area contributed by atoms with Gasteiger partial charge in [0.1, 0.15) is 12.4 Å². The summed E-state index contributed by atoms with van der Waals surface area (Å²) < 4.78 is 5.29. The summed E-state index contributed by atoms with van der Waals surface area (Å²) in [5.41, 5.74) is 6.88. The number of nitrogens with two attached hydrogens (primary N) is 1. The van der Waals surface area contributed by atoms with Crippen LogP contribution in [0, 0.1) is 5.92 Å². The maximum absolute atomic E-state index is 5.82. The van der Waals surface area contributed by atoms with Gasteiger partial charge in [-0.05, 0) is 5.57 Å². The van der Waals surface area contributed by atoms with Gasteiger partial charge < -0.3 is 10.5 Å². The van der Waals surface area contributed by atoms with Crippen molar-refractivity contribution < 1.29 is 4.74 Å². The maximum atomic E-state index is 5.82. The number of rotatable bonds is 1. The van der Waals surface area contributed by atoms with Gasteiger partial charge >= 0.3 is 0 Å². The van der Waals surface area contributed by atoms with Crippen molar-refractivity contribution in [1.29, 1.82) is 0 Å². The van der Waals surface area contributed by atoms with Crippen LogP contribution in [-0.4, -0.2) is 12.6 Å². The van der Waals surface area contributed by atoms with Gasteiger partial charge in [0.05, 0.1) is 0 Å². The molecule has 0 aromatic rings. The van der Waals surface area contributed by atoms with E-state index in [2.05, 4.69) is 33.9 Å². The number of hydrogen-bond acceptors (Lipinski definition) is 2. The molecular formula is C17H35NO. The number of allylic oxidation sites excluding steroid dienone is 3. The van der Waals surface area contributed by atoms with Crippen molar-refractivity contribution in [2.75, 3.05) is 6.61 Å². The Kier molecular flexibility index (Phi) is 20.6. The first kappa shape index (κ1) is 23.1. The Labute approximate surface area is 121 Å². The predicted molar refractivity (Wildman–Crippen MR) is 89.2 cm³/mol. The van der Waals surface area contributed by atoms with Gasteiger partial charge in [-0.25, -0.2) is 0 Å². The highest BCUT2D eigenvalue weighted by atomic mass is 16.5. The summed E-state index contributed by atoms with van der Waals surface area (Å²) in [6.07, 6.45) is 4.89. The van der Waals surface area contributed by atoms with Crippen molar-refractivity contribution in [3.8, 4) is 0 Å². The lowest BCUT2D eigenvalue weighted by molar-refractivity contribution is 0.153. The molecule has 19 heavy (non-hydrogen) atoms. The fraction of sp³-hybridized carbons (Fsp3) is 0.647. The van der Waals surface area contributed by atoms with Crippen molar-refractivity contribution in [3.63, 3.8) is 0 Å². The average Bonchev–Trinajstić information content (AvgIpc) is 2.45. The molecule has 1 heterocycles. The molecule has 0 saturated carbocycles. The standard InChI is InChI=1S/C10H15NO.C3H8.2C2H6/c1-4-5-9-7(2)10(11)6-12-8(9)3;1-3-2;2*1-2/h4-5,7,10H,1,3,6,11H2,2H3;3H2,1-2H3;2*1-2H3/b9-5-;;;. The van der Waals surface area contributed by atoms with Gasteiger partial charge in [0, 0.05) is 12.0 Å². The van der Waals surface area contributed by atoms with Crippen LogP contribution >= 0.6 is 0 Å². The molecule has 0 aromatic heterocycles. The Balaban J connectivity index is -0.000000313. The van der Waals surface area contributed by atoms with Gasteiger partial charge in [0.2, 0.25) is 0 Å². The molecule has 1 fully saturated rings. The molecule has 114 valence electrons. The van der Waals surface area contributed by atoms with Crippen molar-refractivity contribution in [2.45, 2.75) is 60.9 Å². The molecule has 2 unspecified atom stereocenters. The Hall–Kier alpha value is -1.02. The van der Waals surface area contributed by atoms with E-state index in [1.807, 2.05) is 33.8 Å². The third kappa shape index (κ3) is 10.6. The van der Waals surface area contributed by atoms with E-state index < -0.39 is 0 Å². The third-order valence-electron chi connectivity index (χ3n) is 2.20. The van der Waals surface area contributed by atoms with Crippen LogP contribution in [-0.2, 0) is 4.74 Å². The highest BCUT2D eigenvalue weighted by Crippen LogP contribution is 2.26. The fourth-order valence-electron chi connectivity index (χ4n) is 1.28. The van der Waals surface area contributed by atoms with Crippen LogP contribution in [0.15, 0.2) is 36.6 Å². The van der Waals surface area contributed by atoms with Gasteiger partial charge in [-0.2, -0.15) is 0 Å². The summed E-state index contributed by atoms with van der Waals surface area (Å²) >= 11 is 0. The van der Waals surface area contributed by atoms with Crippen LogP contribution in [0.4, 0.5) is 0 Å². The van der Waals surface area contributed by atoms with Gasteiger partial charge in [0.15, 0.2) is 0 Å². The summed E-state index contributed by atoms with van der Waals surface area (Å²) in [5, 5.41) is 0. The minimum absolute atomic E-state index is 0.0710. The first-order valence-electron chi connectivity index (χ1n) is 7.48. The van der Waals surface area contributed by atoms with Crippen LogP contribution in [0.3, 0.4) is 0 Å². The quantitative estimate of drug-likeness (QED) is 0.721. The zero-order valence-corrected chi connectivity index (χ0v) is 14.1. The SMILES string of the molecule is C=C/C=C1\C(=C)OCC(N)C1C.CC.CC.CCC. The van der Waals surface area contributed by atoms with Gasteiger partial charge in [-0.1, -0.05) is 80.2 Å². The molecule has 0 bridgehead atoms. The lowest BCUT2D eigenvalue weighted by Crippen LogP contribution is -2.38. The van der Waals surface area contributed by atoms with Crippen molar-refractivity contribution in [1.82, 2.24) is 0 Å². The van der Waals surface area contributed by atoms with Crippen LogP contribution in [0.2, 0.25) is 0 Å². The van der Waals surface area contributed by atoms with Gasteiger partial charge in [-0.3, -0.25) is 0 Å². The Morgan fingerprint density at radius 3 is 2.05 bits per heavy atom. The second kappa shape index (κ2) is 17.0. The van der Waals surface area contributed by atoms with Crippen LogP contribution in [0.1, 0.15) is 54.9 Å². The molecule has 2 atom stereocenters. The molecule has 0 spiro atoms. The Morgan fingerprint density at radius 1 is 1.26 bits per heavy atom. The van der Waals surface area contributed by atoms with Crippen LogP contribution < -0.4 is 5.73 Å². The molecule has 1 aliphatic heterocycles. The van der Waals surface area contributed by atoms with Crippen molar-refractivity contribution in [3.05, 3.63) is 36.6 Å². The molecule has 2 N–H and O–H groups in total. The van der Waals surface area contributed by atoms with Crippen LogP contribution in [0.5, 0.6) is 0 Å². The summed E-state index contributed by atoms with van der Waals surface area (Å²) in [5.74, 6) is 1.04. The molecule has 2 nitrogen and oxygen atoms in total. The smallest absolute Gasteiger partial charge is 0.115 e. The first-order chi connectivity index (χ1) is 9.08. The lowest BCUT2D eigenvalue weighted by Gasteiger charge is -2.30. The van der Waals surface area contributed by atoms with E-state index in [1.54, 1.807) is 6.08 Å². The van der Waals surface area contributed by atoms with Gasteiger partial charge in [-0.15, -0.1) is 0 Å². The maximum Gasteiger partial charge on any atom is 0.115 e. The van der Waals surface area contributed by atoms with Crippen LogP contribution in [0.25, 0.3) is 0 Å². The molecule has 1 saturated heterocycles. The summed E-state index contributed by atoms with van der Waals surface area (Å²) in [6.45, 7) is 22.3. The molecule has 0 amide bonds. The second-order valence-electron chi connectivity index (χ2n) is 3.75. The Bertz CT molecular complexity index is 244. The molecule has 0 aliphatic carbocycles. The van der Waals surface area contributed by atoms with E-state index >= 15 is 0 Å². The minimum Gasteiger partial charge on any atom is -0.492 e. The molecule has 1 rings (SSSR count). The van der Waals surface area contributed by atoms with E-state index in [-0.39, 0.29) is 6.04 Å². The zero-order chi connectivity index (χ0) is 15.8. The minimum atomic E-state index is 0.0710. The summed E-state index contributed by atoms with van der Waals surface area (Å²) in [7, 11) is 0. The largest absolute Gasteiger partial charge is 0.492 e. The van der Waals surface area contributed by atoms with E-state index in [0.29, 0.717) is 12.5 Å². The predicted octanol–water partition coefficient (Wildman–Crippen LogP) is 5.07. The molecule has 1 aliphatic rings. The van der Waals surface area contributed by atoms with E-state index in [9.17, 15) is 0 Å². The molecule has 2 heteroatoms. The molecule has 0 aromatic carbocycles. The topological polar surface area (TPSA) is 35.2 Å². The fourth-order valence-corrected chi connectivity index (χ4v) is 1.28. The zero-order valence-electron chi connectivity index (χ0n) is 14.1. The van der Waals surface area contributed by atoms with Gasteiger partial charge in [0.25, 0.3) is 0 Å². The normalized spacial score (nSPS) is 22.5. The lowest BCUT2D eigenvalue weighted by atomic mass is 9.90. The van der Waals surface area contributed by atoms with Crippen molar-refractivity contribution in [2.24, 2.45) is 11.7 Å². The summed E-state index contributed by atoms with van der Waals surface area (Å²) in [4.78, 5) is 0. The number of ether oxygens (including phenoxy) is 1. The second-order valence-corrected chi connectivity index (χ2v) is 3.75. The third-order valence-corrected chi connectivity index (χ3v) is 2.20. The van der Waals surface area contributed by atoms with E-state index in [1.165, 1.54) is 6.42 Å². The first-order valence-corrected chi connectivity index (χ1v) is 7.48. The highest BCUT2D eigenvalue weighted by Gasteiger charge is 2.25. The van der Waals surface area contributed by atoms with Crippen molar-refractivity contribution >= 4 is 0 Å². The number of hydrogen-bond donors (Lipinski definition) is 1. The molecule has 0 radical (unpaired) electrons. The Morgan fingerprint density at radius 2 is 1.68 bits per heavy atom. The summed E-state index contributed by atoms with van der Waals surface area (Å²) in [6, 6.07) is 0.0710.